The zero-order valence-electron chi connectivity index (χ0n) is 10.2. The molecular weight excluding hydrogens is 361 g/mol. The molecule has 0 radical (unpaired) electrons. The first-order chi connectivity index (χ1) is 8.99. The molecule has 2 rings (SSSR count). The van der Waals surface area contributed by atoms with Gasteiger partial charge in [-0.05, 0) is 18.1 Å². The number of halogens is 1. The Labute approximate surface area is 123 Å². The van der Waals surface area contributed by atoms with Gasteiger partial charge in [-0.25, -0.2) is 4.79 Å². The van der Waals surface area contributed by atoms with Crippen LogP contribution in [0.3, 0.4) is 0 Å². The summed E-state index contributed by atoms with van der Waals surface area (Å²) in [5.41, 5.74) is 0.554. The Balaban J connectivity index is 2.45. The number of imide groups is 1. The molecule has 0 unspecified atom stereocenters. The predicted molar refractivity (Wildman–Crippen MR) is 76.4 cm³/mol. The average Bonchev–Trinajstić information content (AvgIpc) is 2.64. The van der Waals surface area contributed by atoms with Gasteiger partial charge in [-0.1, -0.05) is 41.6 Å². The number of rotatable bonds is 4. The first-order valence-corrected chi connectivity index (χ1v) is 7.27. The highest BCUT2D eigenvalue weighted by molar-refractivity contribution is 14.1. The van der Waals surface area contributed by atoms with Crippen LogP contribution in [0.25, 0.3) is 0 Å². The number of nitrogens with zero attached hydrogens (tertiary/aromatic N) is 1. The molecule has 1 N–H and O–H groups in total. The van der Waals surface area contributed by atoms with Crippen molar-refractivity contribution < 1.29 is 19.5 Å². The maximum Gasteiger partial charge on any atom is 0.327 e. The van der Waals surface area contributed by atoms with E-state index in [9.17, 15) is 19.5 Å². The average molecular weight is 373 g/mol. The van der Waals surface area contributed by atoms with Crippen LogP contribution in [0.5, 0.6) is 0 Å². The van der Waals surface area contributed by atoms with Crippen LogP contribution in [0.2, 0.25) is 0 Å². The lowest BCUT2D eigenvalue weighted by molar-refractivity contribution is -0.142. The van der Waals surface area contributed by atoms with Gasteiger partial charge in [-0.2, -0.15) is 0 Å². The highest BCUT2D eigenvalue weighted by Crippen LogP contribution is 2.27. The molecular formula is C13H12INO4. The minimum atomic E-state index is -1.15. The molecule has 2 amide bonds. The summed E-state index contributed by atoms with van der Waals surface area (Å²) in [6.07, 6.45) is 0. The zero-order chi connectivity index (χ0) is 14.2. The minimum absolute atomic E-state index is 0.277. The van der Waals surface area contributed by atoms with Crippen molar-refractivity contribution in [2.75, 3.05) is 4.43 Å². The van der Waals surface area contributed by atoms with E-state index in [0.717, 1.165) is 4.90 Å². The molecule has 5 nitrogen and oxygen atoms in total. The summed E-state index contributed by atoms with van der Waals surface area (Å²) in [5.74, 6) is -2.51. The van der Waals surface area contributed by atoms with E-state index >= 15 is 0 Å². The molecule has 0 fully saturated rings. The van der Waals surface area contributed by atoms with E-state index in [-0.39, 0.29) is 17.0 Å². The first-order valence-electron chi connectivity index (χ1n) is 5.74. The Hall–Kier alpha value is -1.44. The van der Waals surface area contributed by atoms with Crippen molar-refractivity contribution in [2.45, 2.75) is 13.0 Å². The number of aliphatic carboxylic acids is 1. The smallest absolute Gasteiger partial charge is 0.327 e. The number of fused-ring (bicyclic) bond motifs is 1. The molecule has 0 saturated heterocycles. The fraction of sp³-hybridized carbons (Fsp3) is 0.308. The largest absolute Gasteiger partial charge is 0.480 e. The van der Waals surface area contributed by atoms with Crippen LogP contribution in [0.4, 0.5) is 0 Å². The van der Waals surface area contributed by atoms with E-state index in [0.29, 0.717) is 4.43 Å². The maximum atomic E-state index is 12.2. The van der Waals surface area contributed by atoms with Crippen molar-refractivity contribution in [1.82, 2.24) is 4.90 Å². The Bertz CT molecular complexity index is 522. The molecule has 0 spiro atoms. The standard InChI is InChI=1S/C13H12INO4/c1-7(6-14)10(13(18)19)15-11(16)8-4-2-3-5-9(8)12(15)17/h2-5,7,10H,6H2,1H3,(H,18,19)/t7-,10-/m0/s1. The normalized spacial score (nSPS) is 17.3. The molecule has 1 aliphatic rings. The number of carboxylic acid groups (broad SMARTS) is 1. The molecule has 100 valence electrons. The third-order valence-corrected chi connectivity index (χ3v) is 4.53. The van der Waals surface area contributed by atoms with Gasteiger partial charge in [0, 0.05) is 4.43 Å². The molecule has 1 aromatic carbocycles. The fourth-order valence-corrected chi connectivity index (χ4v) is 2.63. The summed E-state index contributed by atoms with van der Waals surface area (Å²) in [6, 6.07) is 5.28. The molecule has 19 heavy (non-hydrogen) atoms. The van der Waals surface area contributed by atoms with Crippen LogP contribution < -0.4 is 0 Å². The first kappa shape index (κ1) is 14.0. The number of hydrogen-bond acceptors (Lipinski definition) is 3. The number of amides is 2. The van der Waals surface area contributed by atoms with Crippen LogP contribution in [0.15, 0.2) is 24.3 Å². The van der Waals surface area contributed by atoms with Crippen LogP contribution in [-0.2, 0) is 4.79 Å². The highest BCUT2D eigenvalue weighted by Gasteiger charge is 2.44. The summed E-state index contributed by atoms with van der Waals surface area (Å²) in [7, 11) is 0. The molecule has 6 heteroatoms. The van der Waals surface area contributed by atoms with Crippen LogP contribution in [0.1, 0.15) is 27.6 Å². The van der Waals surface area contributed by atoms with Gasteiger partial charge in [0.05, 0.1) is 11.1 Å². The van der Waals surface area contributed by atoms with Gasteiger partial charge in [0.2, 0.25) is 0 Å². The van der Waals surface area contributed by atoms with Gasteiger partial charge in [0.15, 0.2) is 0 Å². The molecule has 0 bridgehead atoms. The van der Waals surface area contributed by atoms with Gasteiger partial charge in [0.1, 0.15) is 6.04 Å². The molecule has 1 heterocycles. The summed E-state index contributed by atoms with van der Waals surface area (Å²) in [5, 5.41) is 9.30. The minimum Gasteiger partial charge on any atom is -0.480 e. The topological polar surface area (TPSA) is 74.7 Å². The number of hydrogen-bond donors (Lipinski definition) is 1. The number of alkyl halides is 1. The lowest BCUT2D eigenvalue weighted by Gasteiger charge is -2.26. The number of carbonyl (C=O) groups is 3. The monoisotopic (exact) mass is 373 g/mol. The number of carboxylic acids is 1. The van der Waals surface area contributed by atoms with E-state index in [1.807, 2.05) is 22.6 Å². The lowest BCUT2D eigenvalue weighted by atomic mass is 10.0. The van der Waals surface area contributed by atoms with Gasteiger partial charge in [-0.3, -0.25) is 14.5 Å². The van der Waals surface area contributed by atoms with E-state index < -0.39 is 23.8 Å². The van der Waals surface area contributed by atoms with E-state index in [1.54, 1.807) is 31.2 Å². The van der Waals surface area contributed by atoms with Crippen molar-refractivity contribution in [3.8, 4) is 0 Å². The van der Waals surface area contributed by atoms with Gasteiger partial charge < -0.3 is 5.11 Å². The summed E-state index contributed by atoms with van der Waals surface area (Å²) in [4.78, 5) is 36.7. The van der Waals surface area contributed by atoms with Crippen molar-refractivity contribution in [1.29, 1.82) is 0 Å². The fourth-order valence-electron chi connectivity index (χ4n) is 2.15. The third-order valence-electron chi connectivity index (χ3n) is 3.14. The number of carbonyl (C=O) groups excluding carboxylic acids is 2. The Kier molecular flexibility index (Phi) is 3.88. The van der Waals surface area contributed by atoms with Crippen LogP contribution in [0, 0.1) is 5.92 Å². The Morgan fingerprint density at radius 1 is 1.26 bits per heavy atom. The third kappa shape index (κ3) is 2.24. The summed E-state index contributed by atoms with van der Waals surface area (Å²) in [6.45, 7) is 1.72. The predicted octanol–water partition coefficient (Wildman–Crippen LogP) is 1.81. The van der Waals surface area contributed by atoms with E-state index in [4.69, 9.17) is 0 Å². The highest BCUT2D eigenvalue weighted by atomic mass is 127. The quantitative estimate of drug-likeness (QED) is 0.496. The molecule has 1 aromatic rings. The zero-order valence-corrected chi connectivity index (χ0v) is 12.3. The van der Waals surface area contributed by atoms with Crippen LogP contribution in [-0.4, -0.2) is 38.3 Å². The Morgan fingerprint density at radius 2 is 1.74 bits per heavy atom. The van der Waals surface area contributed by atoms with Crippen molar-refractivity contribution in [2.24, 2.45) is 5.92 Å². The summed E-state index contributed by atoms with van der Waals surface area (Å²) >= 11 is 2.05. The molecule has 2 atom stereocenters. The second-order valence-corrected chi connectivity index (χ2v) is 5.32. The second kappa shape index (κ2) is 5.28. The maximum absolute atomic E-state index is 12.2. The van der Waals surface area contributed by atoms with E-state index in [2.05, 4.69) is 0 Å². The van der Waals surface area contributed by atoms with E-state index in [1.165, 1.54) is 0 Å². The van der Waals surface area contributed by atoms with Crippen molar-refractivity contribution in [3.05, 3.63) is 35.4 Å². The second-order valence-electron chi connectivity index (χ2n) is 4.44. The van der Waals surface area contributed by atoms with Crippen molar-refractivity contribution >= 4 is 40.4 Å². The van der Waals surface area contributed by atoms with Gasteiger partial charge >= 0.3 is 5.97 Å². The lowest BCUT2D eigenvalue weighted by Crippen LogP contribution is -2.49. The number of benzene rings is 1. The SMILES string of the molecule is C[C@@H](CI)[C@@H](C(=O)O)N1C(=O)c2ccccc2C1=O. The molecule has 1 aliphatic heterocycles. The Morgan fingerprint density at radius 3 is 2.11 bits per heavy atom. The van der Waals surface area contributed by atoms with Gasteiger partial charge in [-0.15, -0.1) is 0 Å². The van der Waals surface area contributed by atoms with Gasteiger partial charge in [0.25, 0.3) is 11.8 Å². The molecule has 0 aliphatic carbocycles. The molecule has 0 aromatic heterocycles. The van der Waals surface area contributed by atoms with Crippen molar-refractivity contribution in [3.63, 3.8) is 0 Å². The molecule has 0 saturated carbocycles. The van der Waals surface area contributed by atoms with Crippen LogP contribution >= 0.6 is 22.6 Å². The summed E-state index contributed by atoms with van der Waals surface area (Å²) < 4.78 is 0.544.